The summed E-state index contributed by atoms with van der Waals surface area (Å²) in [6.07, 6.45) is 4.44. The second-order valence-electron chi connectivity index (χ2n) is 3.25. The molecule has 0 amide bonds. The molecule has 1 fully saturated rings. The summed E-state index contributed by atoms with van der Waals surface area (Å²) in [5.41, 5.74) is 0. The van der Waals surface area contributed by atoms with Gasteiger partial charge in [0.2, 0.25) is 0 Å². The highest BCUT2D eigenvalue weighted by atomic mass is 16.4. The molecule has 1 aliphatic heterocycles. The van der Waals surface area contributed by atoms with Gasteiger partial charge in [-0.25, -0.2) is 0 Å². The van der Waals surface area contributed by atoms with Crippen molar-refractivity contribution in [2.75, 3.05) is 19.6 Å². The van der Waals surface area contributed by atoms with Crippen LogP contribution in [-0.4, -0.2) is 35.6 Å². The van der Waals surface area contributed by atoms with E-state index >= 15 is 0 Å². The summed E-state index contributed by atoms with van der Waals surface area (Å²) >= 11 is 0. The molecule has 3 heteroatoms. The van der Waals surface area contributed by atoms with E-state index < -0.39 is 5.97 Å². The zero-order chi connectivity index (χ0) is 8.97. The third-order valence-electron chi connectivity index (χ3n) is 2.10. The molecule has 0 bridgehead atoms. The van der Waals surface area contributed by atoms with Crippen molar-refractivity contribution in [3.8, 4) is 0 Å². The third kappa shape index (κ3) is 2.66. The van der Waals surface area contributed by atoms with Crippen LogP contribution in [0.15, 0.2) is 12.2 Å². The number of rotatable bonds is 4. The Hall–Kier alpha value is -0.830. The van der Waals surface area contributed by atoms with Crippen LogP contribution >= 0.6 is 0 Å². The van der Waals surface area contributed by atoms with Gasteiger partial charge in [0.1, 0.15) is 0 Å². The van der Waals surface area contributed by atoms with Gasteiger partial charge in [-0.3, -0.25) is 9.69 Å². The predicted octanol–water partition coefficient (Wildman–Crippen LogP) is 0.969. The van der Waals surface area contributed by atoms with Gasteiger partial charge in [0.25, 0.3) is 0 Å². The zero-order valence-corrected chi connectivity index (χ0v) is 7.36. The molecule has 0 aromatic rings. The molecule has 0 aliphatic carbocycles. The van der Waals surface area contributed by atoms with E-state index in [9.17, 15) is 4.79 Å². The molecule has 12 heavy (non-hydrogen) atoms. The topological polar surface area (TPSA) is 40.5 Å². The fourth-order valence-corrected chi connectivity index (χ4v) is 1.46. The molecule has 0 aromatic heterocycles. The molecule has 1 heterocycles. The van der Waals surface area contributed by atoms with Crippen molar-refractivity contribution in [1.82, 2.24) is 4.90 Å². The van der Waals surface area contributed by atoms with Crippen LogP contribution in [0, 0.1) is 5.92 Å². The summed E-state index contributed by atoms with van der Waals surface area (Å²) in [5.74, 6) is -0.293. The van der Waals surface area contributed by atoms with Crippen molar-refractivity contribution in [2.24, 2.45) is 5.92 Å². The molecule has 1 saturated heterocycles. The Morgan fingerprint density at radius 3 is 2.83 bits per heavy atom. The van der Waals surface area contributed by atoms with Crippen molar-refractivity contribution in [3.05, 3.63) is 12.2 Å². The largest absolute Gasteiger partial charge is 0.481 e. The Morgan fingerprint density at radius 1 is 1.67 bits per heavy atom. The molecular weight excluding hydrogens is 154 g/mol. The number of carbonyl (C=O) groups is 1. The lowest BCUT2D eigenvalue weighted by Gasteiger charge is -2.37. The van der Waals surface area contributed by atoms with Gasteiger partial charge in [-0.1, -0.05) is 12.2 Å². The van der Waals surface area contributed by atoms with Gasteiger partial charge in [0.05, 0.1) is 6.42 Å². The Bertz CT molecular complexity index is 183. The number of carboxylic acid groups (broad SMARTS) is 1. The van der Waals surface area contributed by atoms with Gasteiger partial charge in [0, 0.05) is 19.6 Å². The first kappa shape index (κ1) is 9.26. The maximum atomic E-state index is 10.3. The summed E-state index contributed by atoms with van der Waals surface area (Å²) in [6.45, 7) is 4.84. The van der Waals surface area contributed by atoms with E-state index in [0.29, 0.717) is 12.3 Å². The van der Waals surface area contributed by atoms with Gasteiger partial charge in [-0.05, 0) is 12.8 Å². The summed E-state index contributed by atoms with van der Waals surface area (Å²) in [6, 6.07) is 0. The Labute approximate surface area is 72.7 Å². The van der Waals surface area contributed by atoms with Crippen LogP contribution in [0.5, 0.6) is 0 Å². The highest BCUT2D eigenvalue weighted by Gasteiger charge is 2.27. The smallest absolute Gasteiger partial charge is 0.303 e. The monoisotopic (exact) mass is 169 g/mol. The van der Waals surface area contributed by atoms with Gasteiger partial charge >= 0.3 is 5.97 Å². The van der Waals surface area contributed by atoms with Crippen molar-refractivity contribution < 1.29 is 9.90 Å². The van der Waals surface area contributed by atoms with E-state index in [-0.39, 0.29) is 0 Å². The van der Waals surface area contributed by atoms with Crippen molar-refractivity contribution >= 4 is 5.97 Å². The van der Waals surface area contributed by atoms with Crippen LogP contribution in [-0.2, 0) is 4.79 Å². The summed E-state index contributed by atoms with van der Waals surface area (Å²) in [7, 11) is 0. The number of carboxylic acids is 1. The molecule has 0 aromatic carbocycles. The van der Waals surface area contributed by atoms with Crippen LogP contribution in [0.1, 0.15) is 13.3 Å². The maximum Gasteiger partial charge on any atom is 0.303 e. The fourth-order valence-electron chi connectivity index (χ4n) is 1.46. The lowest BCUT2D eigenvalue weighted by molar-refractivity contribution is -0.139. The molecule has 3 nitrogen and oxygen atoms in total. The number of hydrogen-bond acceptors (Lipinski definition) is 2. The normalized spacial score (nSPS) is 19.8. The van der Waals surface area contributed by atoms with Crippen molar-refractivity contribution in [3.63, 3.8) is 0 Å². The van der Waals surface area contributed by atoms with Crippen LogP contribution < -0.4 is 0 Å². The van der Waals surface area contributed by atoms with Crippen LogP contribution in [0.3, 0.4) is 0 Å². The first-order valence-electron chi connectivity index (χ1n) is 4.27. The molecule has 0 spiro atoms. The molecule has 68 valence electrons. The van der Waals surface area contributed by atoms with E-state index in [4.69, 9.17) is 5.11 Å². The van der Waals surface area contributed by atoms with E-state index in [1.54, 1.807) is 0 Å². The SMILES string of the molecule is CC=CCN1CC(CC(=O)O)C1. The Balaban J connectivity index is 2.07. The van der Waals surface area contributed by atoms with E-state index in [1.807, 2.05) is 13.0 Å². The first-order valence-corrected chi connectivity index (χ1v) is 4.27. The zero-order valence-electron chi connectivity index (χ0n) is 7.36. The van der Waals surface area contributed by atoms with Crippen LogP contribution in [0.25, 0.3) is 0 Å². The summed E-state index contributed by atoms with van der Waals surface area (Å²) in [4.78, 5) is 12.5. The van der Waals surface area contributed by atoms with Gasteiger partial charge < -0.3 is 5.11 Å². The molecule has 1 aliphatic rings. The summed E-state index contributed by atoms with van der Waals surface area (Å²) < 4.78 is 0. The number of allylic oxidation sites excluding steroid dienone is 1. The minimum Gasteiger partial charge on any atom is -0.481 e. The first-order chi connectivity index (χ1) is 5.72. The Kier molecular flexibility index (Phi) is 3.29. The Morgan fingerprint density at radius 2 is 2.33 bits per heavy atom. The highest BCUT2D eigenvalue weighted by Crippen LogP contribution is 2.18. The van der Waals surface area contributed by atoms with Crippen LogP contribution in [0.2, 0.25) is 0 Å². The second kappa shape index (κ2) is 4.26. The standard InChI is InChI=1S/C9H15NO2/c1-2-3-4-10-6-8(7-10)5-9(11)12/h2-3,8H,4-7H2,1H3,(H,11,12). The number of nitrogens with zero attached hydrogens (tertiary/aromatic N) is 1. The molecule has 0 atom stereocenters. The molecule has 0 radical (unpaired) electrons. The highest BCUT2D eigenvalue weighted by molar-refractivity contribution is 5.67. The average Bonchev–Trinajstić information content (AvgIpc) is 1.93. The summed E-state index contributed by atoms with van der Waals surface area (Å²) in [5, 5.41) is 8.48. The minimum atomic E-state index is -0.675. The van der Waals surface area contributed by atoms with E-state index in [1.165, 1.54) is 0 Å². The molecule has 1 rings (SSSR count). The molecule has 0 unspecified atom stereocenters. The molecule has 0 saturated carbocycles. The number of hydrogen-bond donors (Lipinski definition) is 1. The van der Waals surface area contributed by atoms with Crippen LogP contribution in [0.4, 0.5) is 0 Å². The minimum absolute atomic E-state index is 0.326. The number of likely N-dealkylation sites (tertiary alicyclic amines) is 1. The lowest BCUT2D eigenvalue weighted by atomic mass is 9.96. The van der Waals surface area contributed by atoms with Crippen molar-refractivity contribution in [2.45, 2.75) is 13.3 Å². The second-order valence-corrected chi connectivity index (χ2v) is 3.25. The average molecular weight is 169 g/mol. The maximum absolute atomic E-state index is 10.3. The lowest BCUT2D eigenvalue weighted by Crippen LogP contribution is -2.47. The van der Waals surface area contributed by atoms with Gasteiger partial charge in [0.15, 0.2) is 0 Å². The number of aliphatic carboxylic acids is 1. The predicted molar refractivity (Wildman–Crippen MR) is 47.0 cm³/mol. The fraction of sp³-hybridized carbons (Fsp3) is 0.667. The quantitative estimate of drug-likeness (QED) is 0.637. The van der Waals surface area contributed by atoms with E-state index in [0.717, 1.165) is 19.6 Å². The molecule has 1 N–H and O–H groups in total. The van der Waals surface area contributed by atoms with Gasteiger partial charge in [-0.2, -0.15) is 0 Å². The van der Waals surface area contributed by atoms with Gasteiger partial charge in [-0.15, -0.1) is 0 Å². The third-order valence-corrected chi connectivity index (χ3v) is 2.10. The van der Waals surface area contributed by atoms with E-state index in [2.05, 4.69) is 11.0 Å². The van der Waals surface area contributed by atoms with Crippen molar-refractivity contribution in [1.29, 1.82) is 0 Å². The molecular formula is C9H15NO2.